The summed E-state index contributed by atoms with van der Waals surface area (Å²) >= 11 is 0. The molecule has 0 aliphatic carbocycles. The van der Waals surface area contributed by atoms with Crippen LogP contribution in [0.1, 0.15) is 11.6 Å². The van der Waals surface area contributed by atoms with Crippen LogP contribution in [0.4, 0.5) is 4.39 Å². The zero-order valence-electron chi connectivity index (χ0n) is 7.16. The summed E-state index contributed by atoms with van der Waals surface area (Å²) in [6.45, 7) is 2.12. The molecule has 70 valence electrons. The molecule has 1 aliphatic heterocycles. The van der Waals surface area contributed by atoms with E-state index in [0.29, 0.717) is 6.61 Å². The minimum absolute atomic E-state index is 0.0805. The van der Waals surface area contributed by atoms with Gasteiger partial charge in [0, 0.05) is 12.7 Å². The smallest absolute Gasteiger partial charge is 0.141 e. The predicted molar refractivity (Wildman–Crippen MR) is 45.8 cm³/mol. The van der Waals surface area contributed by atoms with Gasteiger partial charge in [0.1, 0.15) is 5.82 Å². The molecule has 2 rings (SSSR count). The van der Waals surface area contributed by atoms with E-state index in [4.69, 9.17) is 4.74 Å². The van der Waals surface area contributed by atoms with Crippen LogP contribution in [0, 0.1) is 5.82 Å². The number of ether oxygens (including phenoxy) is 1. The molecule has 13 heavy (non-hydrogen) atoms. The van der Waals surface area contributed by atoms with Crippen molar-refractivity contribution in [3.8, 4) is 0 Å². The van der Waals surface area contributed by atoms with E-state index in [-0.39, 0.29) is 11.9 Å². The third-order valence-electron chi connectivity index (χ3n) is 2.05. The summed E-state index contributed by atoms with van der Waals surface area (Å²) in [7, 11) is 0. The average Bonchev–Trinajstić information content (AvgIpc) is 2.19. The highest BCUT2D eigenvalue weighted by Crippen LogP contribution is 2.14. The Labute approximate surface area is 75.9 Å². The van der Waals surface area contributed by atoms with Gasteiger partial charge in [0.15, 0.2) is 0 Å². The van der Waals surface area contributed by atoms with Gasteiger partial charge in [-0.05, 0) is 11.6 Å². The van der Waals surface area contributed by atoms with E-state index in [0.717, 1.165) is 18.7 Å². The largest absolute Gasteiger partial charge is 0.378 e. The Kier molecular flexibility index (Phi) is 2.52. The summed E-state index contributed by atoms with van der Waals surface area (Å²) < 4.78 is 18.1. The van der Waals surface area contributed by atoms with E-state index in [1.165, 1.54) is 12.3 Å². The van der Waals surface area contributed by atoms with Gasteiger partial charge in [-0.2, -0.15) is 0 Å². The van der Waals surface area contributed by atoms with Crippen molar-refractivity contribution in [2.45, 2.75) is 6.04 Å². The second-order valence-corrected chi connectivity index (χ2v) is 3.02. The minimum atomic E-state index is -0.301. The first-order valence-electron chi connectivity index (χ1n) is 4.28. The van der Waals surface area contributed by atoms with Crippen LogP contribution < -0.4 is 5.32 Å². The van der Waals surface area contributed by atoms with Crippen molar-refractivity contribution in [1.29, 1.82) is 0 Å². The second-order valence-electron chi connectivity index (χ2n) is 3.02. The van der Waals surface area contributed by atoms with Gasteiger partial charge < -0.3 is 10.1 Å². The molecule has 0 aromatic carbocycles. The molecular weight excluding hydrogens is 171 g/mol. The minimum Gasteiger partial charge on any atom is -0.378 e. The Morgan fingerprint density at radius 1 is 1.54 bits per heavy atom. The second kappa shape index (κ2) is 3.81. The maximum Gasteiger partial charge on any atom is 0.141 e. The highest BCUT2D eigenvalue weighted by Gasteiger charge is 2.15. The lowest BCUT2D eigenvalue weighted by Crippen LogP contribution is -2.34. The van der Waals surface area contributed by atoms with Crippen molar-refractivity contribution in [3.05, 3.63) is 29.8 Å². The normalized spacial score (nSPS) is 23.0. The SMILES string of the molecule is Fc1cncc([C@H]2COCCN2)c1. The van der Waals surface area contributed by atoms with E-state index in [1.54, 1.807) is 6.20 Å². The van der Waals surface area contributed by atoms with E-state index < -0.39 is 0 Å². The number of pyridine rings is 1. The molecule has 0 saturated carbocycles. The molecule has 3 nitrogen and oxygen atoms in total. The molecule has 0 amide bonds. The molecule has 1 atom stereocenters. The Bertz CT molecular complexity index is 287. The van der Waals surface area contributed by atoms with Crippen molar-refractivity contribution in [1.82, 2.24) is 10.3 Å². The monoisotopic (exact) mass is 182 g/mol. The Balaban J connectivity index is 2.14. The molecule has 1 saturated heterocycles. The van der Waals surface area contributed by atoms with Gasteiger partial charge in [-0.15, -0.1) is 0 Å². The lowest BCUT2D eigenvalue weighted by atomic mass is 10.1. The summed E-state index contributed by atoms with van der Waals surface area (Å²) in [5.74, 6) is -0.301. The van der Waals surface area contributed by atoms with Gasteiger partial charge in [0.2, 0.25) is 0 Å². The number of rotatable bonds is 1. The van der Waals surface area contributed by atoms with Crippen molar-refractivity contribution in [2.24, 2.45) is 0 Å². The molecule has 1 fully saturated rings. The van der Waals surface area contributed by atoms with Crippen LogP contribution in [0.15, 0.2) is 18.5 Å². The zero-order valence-corrected chi connectivity index (χ0v) is 7.16. The molecule has 1 aromatic heterocycles. The van der Waals surface area contributed by atoms with Crippen molar-refractivity contribution in [2.75, 3.05) is 19.8 Å². The van der Waals surface area contributed by atoms with Crippen molar-refractivity contribution >= 4 is 0 Å². The summed E-state index contributed by atoms with van der Waals surface area (Å²) in [5, 5.41) is 3.23. The van der Waals surface area contributed by atoms with Crippen LogP contribution >= 0.6 is 0 Å². The number of aromatic nitrogens is 1. The van der Waals surface area contributed by atoms with Gasteiger partial charge in [0.25, 0.3) is 0 Å². The first-order valence-corrected chi connectivity index (χ1v) is 4.28. The molecule has 0 unspecified atom stereocenters. The molecule has 0 radical (unpaired) electrons. The van der Waals surface area contributed by atoms with Gasteiger partial charge in [-0.25, -0.2) is 4.39 Å². The Hall–Kier alpha value is -1.00. The average molecular weight is 182 g/mol. The van der Waals surface area contributed by atoms with Crippen LogP contribution in [0.2, 0.25) is 0 Å². The lowest BCUT2D eigenvalue weighted by molar-refractivity contribution is 0.0767. The number of hydrogen-bond donors (Lipinski definition) is 1. The molecule has 1 N–H and O–H groups in total. The zero-order chi connectivity index (χ0) is 9.10. The Morgan fingerprint density at radius 2 is 2.46 bits per heavy atom. The van der Waals surface area contributed by atoms with E-state index in [1.807, 2.05) is 0 Å². The lowest BCUT2D eigenvalue weighted by Gasteiger charge is -2.23. The van der Waals surface area contributed by atoms with E-state index in [2.05, 4.69) is 10.3 Å². The van der Waals surface area contributed by atoms with Crippen LogP contribution in [0.5, 0.6) is 0 Å². The molecule has 2 heterocycles. The Morgan fingerprint density at radius 3 is 3.15 bits per heavy atom. The van der Waals surface area contributed by atoms with Crippen LogP contribution in [0.3, 0.4) is 0 Å². The molecule has 0 bridgehead atoms. The number of nitrogens with zero attached hydrogens (tertiary/aromatic N) is 1. The predicted octanol–water partition coefficient (Wildman–Crippen LogP) is 0.882. The quantitative estimate of drug-likeness (QED) is 0.700. The maximum absolute atomic E-state index is 12.8. The van der Waals surface area contributed by atoms with Crippen LogP contribution in [-0.2, 0) is 4.74 Å². The van der Waals surface area contributed by atoms with Gasteiger partial charge in [0.05, 0.1) is 25.5 Å². The van der Waals surface area contributed by atoms with Crippen LogP contribution in [0.25, 0.3) is 0 Å². The fraction of sp³-hybridized carbons (Fsp3) is 0.444. The van der Waals surface area contributed by atoms with Crippen molar-refractivity contribution < 1.29 is 9.13 Å². The highest BCUT2D eigenvalue weighted by molar-refractivity contribution is 5.15. The third-order valence-corrected chi connectivity index (χ3v) is 2.05. The maximum atomic E-state index is 12.8. The van der Waals surface area contributed by atoms with Crippen LogP contribution in [-0.4, -0.2) is 24.7 Å². The third kappa shape index (κ3) is 2.02. The van der Waals surface area contributed by atoms with Gasteiger partial charge in [-0.1, -0.05) is 0 Å². The van der Waals surface area contributed by atoms with Crippen molar-refractivity contribution in [3.63, 3.8) is 0 Å². The first kappa shape index (κ1) is 8.59. The standard InChI is InChI=1S/C9H11FN2O/c10-8-3-7(4-11-5-8)9-6-13-2-1-12-9/h3-5,9,12H,1-2,6H2/t9-/m1/s1. The summed E-state index contributed by atoms with van der Waals surface area (Å²) in [6, 6.07) is 1.57. The number of morpholine rings is 1. The van der Waals surface area contributed by atoms with Gasteiger partial charge in [-0.3, -0.25) is 4.98 Å². The number of hydrogen-bond acceptors (Lipinski definition) is 3. The highest BCUT2D eigenvalue weighted by atomic mass is 19.1. The number of nitrogens with one attached hydrogen (secondary N) is 1. The van der Waals surface area contributed by atoms with E-state index >= 15 is 0 Å². The summed E-state index contributed by atoms with van der Waals surface area (Å²) in [6.07, 6.45) is 2.86. The topological polar surface area (TPSA) is 34.1 Å². The van der Waals surface area contributed by atoms with Gasteiger partial charge >= 0.3 is 0 Å². The molecular formula is C9H11FN2O. The fourth-order valence-electron chi connectivity index (χ4n) is 1.40. The molecule has 1 aliphatic rings. The molecule has 1 aromatic rings. The molecule has 0 spiro atoms. The summed E-state index contributed by atoms with van der Waals surface area (Å²) in [4.78, 5) is 3.79. The number of halogens is 1. The molecule has 4 heteroatoms. The summed E-state index contributed by atoms with van der Waals surface area (Å²) in [5.41, 5.74) is 0.847. The fourth-order valence-corrected chi connectivity index (χ4v) is 1.40. The van der Waals surface area contributed by atoms with E-state index in [9.17, 15) is 4.39 Å². The first-order chi connectivity index (χ1) is 6.36.